The van der Waals surface area contributed by atoms with Crippen molar-refractivity contribution in [2.45, 2.75) is 39.7 Å². The van der Waals surface area contributed by atoms with Crippen molar-refractivity contribution in [3.8, 4) is 18.2 Å². The molecule has 0 spiro atoms. The standard InChI is InChI=1S/C12H18N4O/c1-5-7-10-14-11(16-13)9(4)12(15-10)17-8(3)6-2/h2,8H,5,7,13H2,1,3-4H3,(H,14,15,16). The van der Waals surface area contributed by atoms with Gasteiger partial charge in [-0.2, -0.15) is 4.98 Å². The lowest BCUT2D eigenvalue weighted by atomic mass is 10.3. The van der Waals surface area contributed by atoms with Crippen molar-refractivity contribution in [3.63, 3.8) is 0 Å². The topological polar surface area (TPSA) is 73.1 Å². The molecule has 0 aliphatic rings. The first kappa shape index (κ1) is 13.3. The van der Waals surface area contributed by atoms with Gasteiger partial charge in [-0.15, -0.1) is 6.42 Å². The lowest BCUT2D eigenvalue weighted by Gasteiger charge is -2.14. The molecule has 1 aromatic rings. The third-order valence-electron chi connectivity index (χ3n) is 2.28. The van der Waals surface area contributed by atoms with Gasteiger partial charge in [-0.25, -0.2) is 10.8 Å². The Morgan fingerprint density at radius 2 is 2.24 bits per heavy atom. The highest BCUT2D eigenvalue weighted by Gasteiger charge is 2.12. The average molecular weight is 234 g/mol. The van der Waals surface area contributed by atoms with Crippen LogP contribution in [0.4, 0.5) is 5.82 Å². The number of aryl methyl sites for hydroxylation is 1. The van der Waals surface area contributed by atoms with E-state index in [0.29, 0.717) is 17.5 Å². The van der Waals surface area contributed by atoms with Crippen LogP contribution in [0.2, 0.25) is 0 Å². The predicted molar refractivity (Wildman–Crippen MR) is 67.5 cm³/mol. The van der Waals surface area contributed by atoms with E-state index in [1.165, 1.54) is 0 Å². The quantitative estimate of drug-likeness (QED) is 0.458. The van der Waals surface area contributed by atoms with Gasteiger partial charge in [-0.3, -0.25) is 0 Å². The van der Waals surface area contributed by atoms with Gasteiger partial charge in [0, 0.05) is 6.42 Å². The van der Waals surface area contributed by atoms with Crippen molar-refractivity contribution in [3.05, 3.63) is 11.4 Å². The summed E-state index contributed by atoms with van der Waals surface area (Å²) in [7, 11) is 0. The van der Waals surface area contributed by atoms with Crippen LogP contribution in [0.25, 0.3) is 0 Å². The molecule has 5 heteroatoms. The SMILES string of the molecule is C#CC(C)Oc1nc(CCC)nc(NN)c1C. The number of anilines is 1. The van der Waals surface area contributed by atoms with Crippen molar-refractivity contribution in [2.24, 2.45) is 5.84 Å². The minimum absolute atomic E-state index is 0.330. The Hall–Kier alpha value is -1.80. The highest BCUT2D eigenvalue weighted by molar-refractivity contribution is 5.47. The van der Waals surface area contributed by atoms with Gasteiger partial charge >= 0.3 is 0 Å². The van der Waals surface area contributed by atoms with E-state index in [1.807, 2.05) is 6.92 Å². The molecule has 1 atom stereocenters. The number of nitrogens with zero attached hydrogens (tertiary/aromatic N) is 2. The van der Waals surface area contributed by atoms with Crippen LogP contribution in [-0.2, 0) is 6.42 Å². The third kappa shape index (κ3) is 3.33. The molecule has 1 unspecified atom stereocenters. The lowest BCUT2D eigenvalue weighted by molar-refractivity contribution is 0.264. The zero-order valence-electron chi connectivity index (χ0n) is 10.4. The molecule has 5 nitrogen and oxygen atoms in total. The summed E-state index contributed by atoms with van der Waals surface area (Å²) in [5, 5.41) is 0. The molecule has 3 N–H and O–H groups in total. The Balaban J connectivity index is 3.09. The number of nitrogen functional groups attached to an aromatic ring is 1. The van der Waals surface area contributed by atoms with Crippen LogP contribution >= 0.6 is 0 Å². The van der Waals surface area contributed by atoms with Gasteiger partial charge in [0.05, 0.1) is 5.56 Å². The molecule has 0 bridgehead atoms. The number of nitrogens with one attached hydrogen (secondary N) is 1. The van der Waals surface area contributed by atoms with Gasteiger partial charge in [-0.05, 0) is 20.3 Å². The predicted octanol–water partition coefficient (Wildman–Crippen LogP) is 1.42. The molecular weight excluding hydrogens is 216 g/mol. The summed E-state index contributed by atoms with van der Waals surface area (Å²) < 4.78 is 5.54. The number of terminal acetylenes is 1. The normalized spacial score (nSPS) is 11.7. The summed E-state index contributed by atoms with van der Waals surface area (Å²) in [6, 6.07) is 0. The second kappa shape index (κ2) is 6.06. The fourth-order valence-corrected chi connectivity index (χ4v) is 1.33. The van der Waals surface area contributed by atoms with Gasteiger partial charge in [0.2, 0.25) is 5.88 Å². The number of hydrogen-bond donors (Lipinski definition) is 2. The van der Waals surface area contributed by atoms with Gasteiger partial charge < -0.3 is 10.2 Å². The molecule has 0 fully saturated rings. The molecule has 0 aromatic carbocycles. The van der Waals surface area contributed by atoms with Crippen LogP contribution in [0.15, 0.2) is 0 Å². The fourth-order valence-electron chi connectivity index (χ4n) is 1.33. The summed E-state index contributed by atoms with van der Waals surface area (Å²) >= 11 is 0. The van der Waals surface area contributed by atoms with Crippen LogP contribution in [0, 0.1) is 19.3 Å². The summed E-state index contributed by atoms with van der Waals surface area (Å²) in [6.45, 7) is 5.68. The zero-order chi connectivity index (χ0) is 12.8. The van der Waals surface area contributed by atoms with Gasteiger partial charge in [0.25, 0.3) is 0 Å². The van der Waals surface area contributed by atoms with Crippen molar-refractivity contribution in [1.29, 1.82) is 0 Å². The highest BCUT2D eigenvalue weighted by atomic mass is 16.5. The monoisotopic (exact) mass is 234 g/mol. The summed E-state index contributed by atoms with van der Waals surface area (Å²) in [6.07, 6.45) is 6.68. The van der Waals surface area contributed by atoms with Crippen LogP contribution in [0.1, 0.15) is 31.7 Å². The zero-order valence-corrected chi connectivity index (χ0v) is 10.4. The second-order valence-electron chi connectivity index (χ2n) is 3.74. The Morgan fingerprint density at radius 3 is 2.76 bits per heavy atom. The van der Waals surface area contributed by atoms with Crippen LogP contribution in [-0.4, -0.2) is 16.1 Å². The molecule has 1 aromatic heterocycles. The minimum atomic E-state index is -0.330. The summed E-state index contributed by atoms with van der Waals surface area (Å²) in [5.74, 6) is 9.67. The van der Waals surface area contributed by atoms with Crippen molar-refractivity contribution < 1.29 is 4.74 Å². The molecule has 0 saturated heterocycles. The van der Waals surface area contributed by atoms with Gasteiger partial charge in [0.15, 0.2) is 6.10 Å². The molecule has 0 aliphatic heterocycles. The Kier molecular flexibility index (Phi) is 4.73. The third-order valence-corrected chi connectivity index (χ3v) is 2.28. The molecule has 17 heavy (non-hydrogen) atoms. The van der Waals surface area contributed by atoms with Crippen molar-refractivity contribution in [1.82, 2.24) is 9.97 Å². The minimum Gasteiger partial charge on any atom is -0.461 e. The molecule has 92 valence electrons. The number of nitrogens with two attached hydrogens (primary N) is 1. The first-order valence-electron chi connectivity index (χ1n) is 5.59. The summed E-state index contributed by atoms with van der Waals surface area (Å²) in [4.78, 5) is 8.63. The molecule has 0 aliphatic carbocycles. The molecule has 1 rings (SSSR count). The van der Waals surface area contributed by atoms with Gasteiger partial charge in [-0.1, -0.05) is 12.8 Å². The van der Waals surface area contributed by atoms with Crippen LogP contribution in [0.5, 0.6) is 5.88 Å². The Labute approximate surface area is 102 Å². The van der Waals surface area contributed by atoms with Gasteiger partial charge in [0.1, 0.15) is 11.6 Å². The highest BCUT2D eigenvalue weighted by Crippen LogP contribution is 2.22. The average Bonchev–Trinajstić information content (AvgIpc) is 2.33. The Morgan fingerprint density at radius 1 is 1.53 bits per heavy atom. The number of rotatable bonds is 5. The van der Waals surface area contributed by atoms with Crippen LogP contribution < -0.4 is 16.0 Å². The maximum atomic E-state index is 5.54. The lowest BCUT2D eigenvalue weighted by Crippen LogP contribution is -2.16. The van der Waals surface area contributed by atoms with E-state index in [9.17, 15) is 0 Å². The number of ether oxygens (including phenoxy) is 1. The fraction of sp³-hybridized carbons (Fsp3) is 0.500. The first-order chi connectivity index (χ1) is 8.12. The number of hydrazine groups is 1. The van der Waals surface area contributed by atoms with Crippen molar-refractivity contribution >= 4 is 5.82 Å². The summed E-state index contributed by atoms with van der Waals surface area (Å²) in [5.41, 5.74) is 3.30. The molecule has 0 radical (unpaired) electrons. The van der Waals surface area contributed by atoms with Crippen molar-refractivity contribution in [2.75, 3.05) is 5.43 Å². The maximum Gasteiger partial charge on any atom is 0.223 e. The van der Waals surface area contributed by atoms with E-state index in [-0.39, 0.29) is 6.10 Å². The largest absolute Gasteiger partial charge is 0.461 e. The molecule has 0 saturated carbocycles. The van der Waals surface area contributed by atoms with E-state index < -0.39 is 0 Å². The van der Waals surface area contributed by atoms with E-state index in [0.717, 1.165) is 18.4 Å². The van der Waals surface area contributed by atoms with E-state index in [4.69, 9.17) is 17.0 Å². The van der Waals surface area contributed by atoms with Crippen LogP contribution in [0.3, 0.4) is 0 Å². The molecular formula is C12H18N4O. The maximum absolute atomic E-state index is 5.54. The Bertz CT molecular complexity index is 425. The first-order valence-corrected chi connectivity index (χ1v) is 5.59. The smallest absolute Gasteiger partial charge is 0.223 e. The van der Waals surface area contributed by atoms with E-state index >= 15 is 0 Å². The molecule has 0 amide bonds. The number of hydrogen-bond acceptors (Lipinski definition) is 5. The van der Waals surface area contributed by atoms with E-state index in [2.05, 4.69) is 28.2 Å². The van der Waals surface area contributed by atoms with E-state index in [1.54, 1.807) is 6.92 Å². The number of aromatic nitrogens is 2. The second-order valence-corrected chi connectivity index (χ2v) is 3.74. The molecule has 1 heterocycles.